The van der Waals surface area contributed by atoms with Crippen molar-refractivity contribution in [3.05, 3.63) is 156 Å². The lowest BCUT2D eigenvalue weighted by molar-refractivity contribution is 0.765. The maximum absolute atomic E-state index is 4.83. The van der Waals surface area contributed by atoms with Crippen molar-refractivity contribution in [2.45, 2.75) is 54.4 Å². The van der Waals surface area contributed by atoms with Gasteiger partial charge < -0.3 is 0 Å². The number of fused-ring (bicyclic) bond motifs is 6. The molecule has 278 valence electrons. The van der Waals surface area contributed by atoms with Crippen molar-refractivity contribution in [1.29, 1.82) is 0 Å². The molecule has 0 N–H and O–H groups in total. The molecular formula is C48H46N8. The molecule has 0 bridgehead atoms. The zero-order valence-corrected chi connectivity index (χ0v) is 32.8. The van der Waals surface area contributed by atoms with Gasteiger partial charge in [0, 0.05) is 10.8 Å². The molecule has 8 heteroatoms. The van der Waals surface area contributed by atoms with Gasteiger partial charge in [0.05, 0.1) is 22.7 Å². The highest BCUT2D eigenvalue weighted by Gasteiger charge is 2.10. The second-order valence-electron chi connectivity index (χ2n) is 13.8. The molecule has 0 saturated heterocycles. The summed E-state index contributed by atoms with van der Waals surface area (Å²) in [6, 6.07) is 44.9. The van der Waals surface area contributed by atoms with Crippen molar-refractivity contribution in [2.24, 2.45) is 10.2 Å². The lowest BCUT2D eigenvalue weighted by atomic mass is 10.0. The zero-order valence-electron chi connectivity index (χ0n) is 32.8. The molecule has 0 unspecified atom stereocenters. The lowest BCUT2D eigenvalue weighted by Gasteiger charge is -2.06. The van der Waals surface area contributed by atoms with Crippen LogP contribution in [0.15, 0.2) is 144 Å². The Morgan fingerprint density at radius 3 is 1.45 bits per heavy atom. The van der Waals surface area contributed by atoms with Gasteiger partial charge in [-0.2, -0.15) is 19.8 Å². The highest BCUT2D eigenvalue weighted by Crippen LogP contribution is 2.27. The molecule has 0 fully saturated rings. The van der Waals surface area contributed by atoms with Gasteiger partial charge in [0.1, 0.15) is 22.1 Å². The van der Waals surface area contributed by atoms with Gasteiger partial charge >= 0.3 is 0 Å². The van der Waals surface area contributed by atoms with Crippen LogP contribution in [0.3, 0.4) is 0 Å². The largest absolute Gasteiger partial charge is 0.151 e. The standard InChI is InChI=1S/C42H30N8.2C3H8/c1-27-25-34(44-43-33-18-21-35(22-19-33)49-45-39-23-15-31-7-3-5-9-37(31)41(39)47-49)17-13-29(27)11-12-30-14-20-36(26-28(30)2)50-46-40-24-16-32-8-4-6-10-38(32)42(40)48-50;2*1-3-2/h3-26H,1-2H3;2*3H2,1-2H3. The average Bonchev–Trinajstić information content (AvgIpc) is 3.87. The first kappa shape index (κ1) is 37.5. The molecular weight excluding hydrogens is 689 g/mol. The first-order valence-corrected chi connectivity index (χ1v) is 19.3. The third-order valence-corrected chi connectivity index (χ3v) is 9.09. The van der Waals surface area contributed by atoms with Crippen molar-refractivity contribution < 1.29 is 0 Å². The van der Waals surface area contributed by atoms with E-state index in [0.717, 1.165) is 88.6 Å². The molecule has 0 aliphatic carbocycles. The number of azo groups is 1. The number of hydrogen-bond donors (Lipinski definition) is 0. The Morgan fingerprint density at radius 2 is 0.911 bits per heavy atom. The van der Waals surface area contributed by atoms with Gasteiger partial charge in [-0.15, -0.1) is 20.4 Å². The van der Waals surface area contributed by atoms with E-state index in [4.69, 9.17) is 15.3 Å². The molecule has 7 aromatic carbocycles. The number of hydrogen-bond acceptors (Lipinski definition) is 6. The molecule has 0 aliphatic heterocycles. The number of benzene rings is 7. The summed E-state index contributed by atoms with van der Waals surface area (Å²) in [5, 5.41) is 32.5. The van der Waals surface area contributed by atoms with Gasteiger partial charge in [0.15, 0.2) is 0 Å². The number of rotatable bonds is 6. The van der Waals surface area contributed by atoms with Crippen molar-refractivity contribution in [3.8, 4) is 11.4 Å². The van der Waals surface area contributed by atoms with Gasteiger partial charge in [-0.1, -0.05) is 125 Å². The van der Waals surface area contributed by atoms with E-state index in [1.54, 1.807) is 9.59 Å². The molecule has 0 amide bonds. The molecule has 8 nitrogen and oxygen atoms in total. The van der Waals surface area contributed by atoms with Crippen LogP contribution in [0.1, 0.15) is 62.8 Å². The fraction of sp³-hybridized carbons (Fsp3) is 0.167. The maximum Gasteiger partial charge on any atom is 0.121 e. The van der Waals surface area contributed by atoms with E-state index in [1.165, 1.54) is 12.8 Å². The second kappa shape index (κ2) is 17.1. The first-order chi connectivity index (χ1) is 27.4. The Labute approximate surface area is 327 Å². The maximum atomic E-state index is 4.83. The second-order valence-corrected chi connectivity index (χ2v) is 13.8. The first-order valence-electron chi connectivity index (χ1n) is 19.3. The minimum atomic E-state index is 0.753. The van der Waals surface area contributed by atoms with Crippen LogP contribution in [0.2, 0.25) is 0 Å². The van der Waals surface area contributed by atoms with Crippen molar-refractivity contribution in [1.82, 2.24) is 30.0 Å². The van der Waals surface area contributed by atoms with Gasteiger partial charge in [0.2, 0.25) is 0 Å². The van der Waals surface area contributed by atoms with Crippen molar-refractivity contribution in [2.75, 3.05) is 0 Å². The highest BCUT2D eigenvalue weighted by molar-refractivity contribution is 6.04. The van der Waals surface area contributed by atoms with E-state index < -0.39 is 0 Å². The lowest BCUT2D eigenvalue weighted by Crippen LogP contribution is -1.99. The normalized spacial score (nSPS) is 11.4. The summed E-state index contributed by atoms with van der Waals surface area (Å²) in [5.41, 5.74) is 11.4. The van der Waals surface area contributed by atoms with Crippen LogP contribution in [0.4, 0.5) is 11.4 Å². The third kappa shape index (κ3) is 8.15. The molecule has 56 heavy (non-hydrogen) atoms. The zero-order chi connectivity index (χ0) is 39.0. The molecule has 0 radical (unpaired) electrons. The van der Waals surface area contributed by atoms with E-state index in [2.05, 4.69) is 136 Å². The molecule has 2 heterocycles. The van der Waals surface area contributed by atoms with E-state index in [9.17, 15) is 0 Å². The summed E-state index contributed by atoms with van der Waals surface area (Å²) in [6.07, 6.45) is 6.78. The van der Waals surface area contributed by atoms with Gasteiger partial charge in [-0.25, -0.2) is 0 Å². The summed E-state index contributed by atoms with van der Waals surface area (Å²) >= 11 is 0. The monoisotopic (exact) mass is 734 g/mol. The molecule has 0 spiro atoms. The number of aryl methyl sites for hydroxylation is 2. The average molecular weight is 735 g/mol. The SMILES string of the molecule is CCC.CCC.Cc1cc(N=Nc2ccc(-n3nc4ccc5ccccc5c4n3)cc2)ccc1C=Cc1ccc(-n2nc3ccc4ccccc4c3n2)cc1C. The summed E-state index contributed by atoms with van der Waals surface area (Å²) in [7, 11) is 0. The highest BCUT2D eigenvalue weighted by atomic mass is 15.5. The minimum absolute atomic E-state index is 0.753. The summed E-state index contributed by atoms with van der Waals surface area (Å²) in [4.78, 5) is 3.40. The molecule has 9 rings (SSSR count). The van der Waals surface area contributed by atoms with Gasteiger partial charge in [-0.3, -0.25) is 0 Å². The van der Waals surface area contributed by atoms with Crippen LogP contribution in [-0.4, -0.2) is 30.0 Å². The van der Waals surface area contributed by atoms with Crippen LogP contribution < -0.4 is 0 Å². The summed E-state index contributed by atoms with van der Waals surface area (Å²) in [6.45, 7) is 12.7. The molecule has 0 aliphatic rings. The number of nitrogens with zero attached hydrogens (tertiary/aromatic N) is 8. The third-order valence-electron chi connectivity index (χ3n) is 9.09. The fourth-order valence-corrected chi connectivity index (χ4v) is 6.36. The Bertz CT molecular complexity index is 2820. The van der Waals surface area contributed by atoms with Crippen LogP contribution >= 0.6 is 0 Å². The molecule has 9 aromatic rings. The Morgan fingerprint density at radius 1 is 0.464 bits per heavy atom. The summed E-state index contributed by atoms with van der Waals surface area (Å²) in [5.74, 6) is 0. The van der Waals surface area contributed by atoms with Gasteiger partial charge in [-0.05, 0) is 108 Å². The smallest absolute Gasteiger partial charge is 0.121 e. The number of aromatic nitrogens is 6. The topological polar surface area (TPSA) is 86.1 Å². The van der Waals surface area contributed by atoms with Crippen molar-refractivity contribution in [3.63, 3.8) is 0 Å². The van der Waals surface area contributed by atoms with E-state index in [1.807, 2.05) is 66.7 Å². The van der Waals surface area contributed by atoms with Crippen LogP contribution in [0, 0.1) is 13.8 Å². The Kier molecular flexibility index (Phi) is 11.5. The molecule has 0 atom stereocenters. The fourth-order valence-electron chi connectivity index (χ4n) is 6.36. The van der Waals surface area contributed by atoms with Crippen molar-refractivity contribution >= 4 is 67.1 Å². The van der Waals surface area contributed by atoms with E-state index >= 15 is 0 Å². The molecule has 0 saturated carbocycles. The summed E-state index contributed by atoms with van der Waals surface area (Å²) < 4.78 is 0. The predicted molar refractivity (Wildman–Crippen MR) is 234 cm³/mol. The molecule has 2 aromatic heterocycles. The van der Waals surface area contributed by atoms with Gasteiger partial charge in [0.25, 0.3) is 0 Å². The minimum Gasteiger partial charge on any atom is -0.151 e. The van der Waals surface area contributed by atoms with Crippen LogP contribution in [-0.2, 0) is 0 Å². The predicted octanol–water partition coefficient (Wildman–Crippen LogP) is 13.5. The van der Waals surface area contributed by atoms with E-state index in [0.29, 0.717) is 0 Å². The Hall–Kier alpha value is -6.80. The van der Waals surface area contributed by atoms with Crippen LogP contribution in [0.25, 0.3) is 67.1 Å². The van der Waals surface area contributed by atoms with E-state index in [-0.39, 0.29) is 0 Å². The quantitative estimate of drug-likeness (QED) is 0.126. The van der Waals surface area contributed by atoms with Crippen LogP contribution in [0.5, 0.6) is 0 Å². The Balaban J connectivity index is 0.000000755.